The van der Waals surface area contributed by atoms with Gasteiger partial charge < -0.3 is 15.2 Å². The Kier molecular flexibility index (Phi) is 4.99. The molecule has 1 fully saturated rings. The van der Waals surface area contributed by atoms with E-state index in [0.717, 1.165) is 25.7 Å². The van der Waals surface area contributed by atoms with E-state index in [2.05, 4.69) is 5.32 Å². The fraction of sp³-hybridized carbons (Fsp3) is 0.846. The molecule has 1 rings (SSSR count). The highest BCUT2D eigenvalue weighted by Crippen LogP contribution is 2.30. The zero-order valence-corrected chi connectivity index (χ0v) is 11.4. The van der Waals surface area contributed by atoms with Gasteiger partial charge in [-0.2, -0.15) is 0 Å². The standard InChI is InChI=1S/C13H23NO4/c1-13(2,3)18-11(15)10-6-4-9(5-7-10)8-14-12(16)17/h9-10,14H,4-8H2,1-3H3,(H,16,17). The van der Waals surface area contributed by atoms with Crippen molar-refractivity contribution in [3.05, 3.63) is 0 Å². The molecule has 2 N–H and O–H groups in total. The molecule has 18 heavy (non-hydrogen) atoms. The number of rotatable bonds is 3. The van der Waals surface area contributed by atoms with Gasteiger partial charge in [-0.3, -0.25) is 4.79 Å². The van der Waals surface area contributed by atoms with Crippen LogP contribution in [-0.4, -0.2) is 29.3 Å². The van der Waals surface area contributed by atoms with Crippen LogP contribution in [0, 0.1) is 11.8 Å². The molecule has 1 amide bonds. The minimum absolute atomic E-state index is 0.0229. The van der Waals surface area contributed by atoms with Crippen molar-refractivity contribution in [2.45, 2.75) is 52.1 Å². The number of hydrogen-bond acceptors (Lipinski definition) is 3. The van der Waals surface area contributed by atoms with Crippen LogP contribution in [0.25, 0.3) is 0 Å². The van der Waals surface area contributed by atoms with Crippen molar-refractivity contribution >= 4 is 12.1 Å². The van der Waals surface area contributed by atoms with Crippen LogP contribution in [0.2, 0.25) is 0 Å². The molecule has 1 saturated carbocycles. The molecule has 0 heterocycles. The zero-order chi connectivity index (χ0) is 13.8. The predicted molar refractivity (Wildman–Crippen MR) is 67.3 cm³/mol. The van der Waals surface area contributed by atoms with Gasteiger partial charge in [0.1, 0.15) is 5.60 Å². The van der Waals surface area contributed by atoms with Crippen LogP contribution in [0.3, 0.4) is 0 Å². The van der Waals surface area contributed by atoms with Crippen molar-refractivity contribution in [2.75, 3.05) is 6.54 Å². The van der Waals surface area contributed by atoms with Gasteiger partial charge in [-0.15, -0.1) is 0 Å². The number of ether oxygens (including phenoxy) is 1. The van der Waals surface area contributed by atoms with Crippen LogP contribution in [0.4, 0.5) is 4.79 Å². The monoisotopic (exact) mass is 257 g/mol. The molecule has 0 aliphatic heterocycles. The van der Waals surface area contributed by atoms with Crippen LogP contribution in [-0.2, 0) is 9.53 Å². The second-order valence-electron chi connectivity index (χ2n) is 5.94. The van der Waals surface area contributed by atoms with E-state index in [1.807, 2.05) is 20.8 Å². The Morgan fingerprint density at radius 1 is 1.22 bits per heavy atom. The van der Waals surface area contributed by atoms with Crippen LogP contribution in [0.15, 0.2) is 0 Å². The lowest BCUT2D eigenvalue weighted by molar-refractivity contribution is -0.161. The second-order valence-corrected chi connectivity index (χ2v) is 5.94. The summed E-state index contributed by atoms with van der Waals surface area (Å²) >= 11 is 0. The number of amides is 1. The summed E-state index contributed by atoms with van der Waals surface area (Å²) < 4.78 is 5.36. The average Bonchev–Trinajstić information content (AvgIpc) is 2.24. The lowest BCUT2D eigenvalue weighted by Gasteiger charge is -2.29. The third-order valence-corrected chi connectivity index (χ3v) is 3.13. The Morgan fingerprint density at radius 2 is 1.78 bits per heavy atom. The van der Waals surface area contributed by atoms with Crippen molar-refractivity contribution in [1.29, 1.82) is 0 Å². The third kappa shape index (κ3) is 5.38. The molecule has 0 unspecified atom stereocenters. The van der Waals surface area contributed by atoms with Crippen molar-refractivity contribution in [2.24, 2.45) is 11.8 Å². The first-order valence-electron chi connectivity index (χ1n) is 6.47. The molecular weight excluding hydrogens is 234 g/mol. The van der Waals surface area contributed by atoms with Crippen LogP contribution >= 0.6 is 0 Å². The molecule has 0 aromatic carbocycles. The summed E-state index contributed by atoms with van der Waals surface area (Å²) in [6.07, 6.45) is 2.36. The van der Waals surface area contributed by atoms with Crippen molar-refractivity contribution in [1.82, 2.24) is 5.32 Å². The summed E-state index contributed by atoms with van der Waals surface area (Å²) in [6.45, 7) is 6.09. The van der Waals surface area contributed by atoms with Crippen LogP contribution in [0.5, 0.6) is 0 Å². The minimum Gasteiger partial charge on any atom is -0.465 e. The lowest BCUT2D eigenvalue weighted by Crippen LogP contribution is -2.34. The van der Waals surface area contributed by atoms with E-state index >= 15 is 0 Å². The van der Waals surface area contributed by atoms with Crippen molar-refractivity contribution < 1.29 is 19.4 Å². The first-order chi connectivity index (χ1) is 8.28. The summed E-state index contributed by atoms with van der Waals surface area (Å²) in [7, 11) is 0. The number of carbonyl (C=O) groups is 2. The molecular formula is C13H23NO4. The largest absolute Gasteiger partial charge is 0.465 e. The predicted octanol–water partition coefficient (Wildman–Crippen LogP) is 2.40. The van der Waals surface area contributed by atoms with E-state index in [-0.39, 0.29) is 11.9 Å². The van der Waals surface area contributed by atoms with Gasteiger partial charge in [0.15, 0.2) is 0 Å². The Hall–Kier alpha value is -1.26. The highest BCUT2D eigenvalue weighted by atomic mass is 16.6. The van der Waals surface area contributed by atoms with E-state index < -0.39 is 11.7 Å². The summed E-state index contributed by atoms with van der Waals surface area (Å²) in [6, 6.07) is 0. The average molecular weight is 257 g/mol. The maximum atomic E-state index is 11.9. The van der Waals surface area contributed by atoms with Crippen LogP contribution in [0.1, 0.15) is 46.5 Å². The number of carboxylic acid groups (broad SMARTS) is 1. The smallest absolute Gasteiger partial charge is 0.404 e. The third-order valence-electron chi connectivity index (χ3n) is 3.13. The molecule has 0 aromatic rings. The quantitative estimate of drug-likeness (QED) is 0.761. The molecule has 104 valence electrons. The summed E-state index contributed by atoms with van der Waals surface area (Å²) in [5.41, 5.74) is -0.432. The molecule has 0 atom stereocenters. The van der Waals surface area contributed by atoms with E-state index in [1.165, 1.54) is 0 Å². The Labute approximate surface area is 108 Å². The minimum atomic E-state index is -0.982. The van der Waals surface area contributed by atoms with E-state index in [9.17, 15) is 9.59 Å². The molecule has 5 heteroatoms. The molecule has 0 radical (unpaired) electrons. The van der Waals surface area contributed by atoms with E-state index in [1.54, 1.807) is 0 Å². The van der Waals surface area contributed by atoms with Gasteiger partial charge in [0.05, 0.1) is 5.92 Å². The topological polar surface area (TPSA) is 75.6 Å². The zero-order valence-electron chi connectivity index (χ0n) is 11.4. The molecule has 0 bridgehead atoms. The Bertz CT molecular complexity index is 301. The molecule has 0 aromatic heterocycles. The summed E-state index contributed by atoms with van der Waals surface area (Å²) in [5.74, 6) is 0.206. The molecule has 5 nitrogen and oxygen atoms in total. The van der Waals surface area contributed by atoms with Gasteiger partial charge in [0.25, 0.3) is 0 Å². The SMILES string of the molecule is CC(C)(C)OC(=O)C1CCC(CNC(=O)O)CC1. The molecule has 1 aliphatic carbocycles. The number of nitrogens with one attached hydrogen (secondary N) is 1. The van der Waals surface area contributed by atoms with Gasteiger partial charge in [0.2, 0.25) is 0 Å². The van der Waals surface area contributed by atoms with E-state index in [0.29, 0.717) is 12.5 Å². The van der Waals surface area contributed by atoms with Gasteiger partial charge in [-0.1, -0.05) is 0 Å². The Morgan fingerprint density at radius 3 is 2.22 bits per heavy atom. The molecule has 0 saturated heterocycles. The normalized spacial score (nSPS) is 24.4. The lowest BCUT2D eigenvalue weighted by atomic mass is 9.82. The van der Waals surface area contributed by atoms with E-state index in [4.69, 9.17) is 9.84 Å². The highest BCUT2D eigenvalue weighted by Gasteiger charge is 2.29. The first kappa shape index (κ1) is 14.8. The molecule has 1 aliphatic rings. The number of esters is 1. The maximum Gasteiger partial charge on any atom is 0.404 e. The number of hydrogen-bond donors (Lipinski definition) is 2. The fourth-order valence-corrected chi connectivity index (χ4v) is 2.22. The van der Waals surface area contributed by atoms with Crippen LogP contribution < -0.4 is 5.32 Å². The van der Waals surface area contributed by atoms with Crippen molar-refractivity contribution in [3.8, 4) is 0 Å². The van der Waals surface area contributed by atoms with Gasteiger partial charge in [0, 0.05) is 6.54 Å². The first-order valence-corrected chi connectivity index (χ1v) is 6.47. The van der Waals surface area contributed by atoms with Gasteiger partial charge in [-0.05, 0) is 52.4 Å². The summed E-state index contributed by atoms with van der Waals surface area (Å²) in [4.78, 5) is 22.2. The van der Waals surface area contributed by atoms with Gasteiger partial charge >= 0.3 is 12.1 Å². The highest BCUT2D eigenvalue weighted by molar-refractivity contribution is 5.73. The second kappa shape index (κ2) is 6.07. The number of carbonyl (C=O) groups excluding carboxylic acids is 1. The Balaban J connectivity index is 2.30. The maximum absolute atomic E-state index is 11.9. The fourth-order valence-electron chi connectivity index (χ4n) is 2.22. The van der Waals surface area contributed by atoms with Crippen molar-refractivity contribution in [3.63, 3.8) is 0 Å². The summed E-state index contributed by atoms with van der Waals surface area (Å²) in [5, 5.41) is 10.9. The van der Waals surface area contributed by atoms with Gasteiger partial charge in [-0.25, -0.2) is 4.79 Å². The molecule has 0 spiro atoms.